The molecule has 0 aromatic heterocycles. The Labute approximate surface area is 273 Å². The molecule has 0 bridgehead atoms. The molecule has 37 heavy (non-hydrogen) atoms. The maximum Gasteiger partial charge on any atom is 1.00 e. The summed E-state index contributed by atoms with van der Waals surface area (Å²) in [6, 6.07) is -1.16. The van der Waals surface area contributed by atoms with E-state index < -0.39 is 37.1 Å². The number of aliphatic carboxylic acids is 2. The fourth-order valence-corrected chi connectivity index (χ4v) is 4.82. The molecule has 0 saturated carbocycles. The van der Waals surface area contributed by atoms with Crippen LogP contribution in [0.4, 0.5) is 0 Å². The molecule has 0 spiro atoms. The first-order chi connectivity index (χ1) is 16.5. The maximum atomic E-state index is 11.7. The van der Waals surface area contributed by atoms with Gasteiger partial charge in [-0.3, -0.25) is 4.79 Å². The molecule has 0 aromatic carbocycles. The standard InChI is InChI=1S/C27H49NO6S.2Na/c1-20(2)9-6-10-21(3)11-7-12-22(4)13-8-14-23(5)15-16-35-19-24(27(32)33)28-25(29)17-34-18-26(30)31;;/h15,20-22,24H,6-14,16-19H2,1-5H3,(H,28,29)(H,30,31)(H,32,33);;/q;2*+1/p-2/b23-15+;;/t21?,22?,24-;;/m0../s1. The SMILES string of the molecule is C/C(=C\CSC[C@H](NC(=O)COCC(=O)[O-])C(=O)[O-])CCCC(C)CCCC(C)CCCC(C)C.[Na+].[Na+]. The number of carbonyl (C=O) groups is 3. The minimum Gasteiger partial charge on any atom is -0.548 e. The molecular formula is C27H47NNa2O6S. The summed E-state index contributed by atoms with van der Waals surface area (Å²) in [5.41, 5.74) is 1.29. The van der Waals surface area contributed by atoms with Crippen LogP contribution in [0.5, 0.6) is 0 Å². The number of carbonyl (C=O) groups excluding carboxylic acids is 3. The summed E-state index contributed by atoms with van der Waals surface area (Å²) in [7, 11) is 0. The van der Waals surface area contributed by atoms with Crippen LogP contribution in [0.1, 0.15) is 92.4 Å². The summed E-state index contributed by atoms with van der Waals surface area (Å²) in [4.78, 5) is 33.2. The van der Waals surface area contributed by atoms with E-state index in [-0.39, 0.29) is 64.9 Å². The van der Waals surface area contributed by atoms with Crippen molar-refractivity contribution in [3.63, 3.8) is 0 Å². The first kappa shape index (κ1) is 41.9. The molecule has 1 N–H and O–H groups in total. The van der Waals surface area contributed by atoms with Crippen molar-refractivity contribution in [3.8, 4) is 0 Å². The summed E-state index contributed by atoms with van der Waals surface area (Å²) in [6.07, 6.45) is 13.5. The van der Waals surface area contributed by atoms with Crippen molar-refractivity contribution in [3.05, 3.63) is 11.6 Å². The number of nitrogens with one attached hydrogen (secondary N) is 1. The minimum atomic E-state index is -1.45. The molecule has 0 aliphatic rings. The molecule has 10 heteroatoms. The van der Waals surface area contributed by atoms with Gasteiger partial charge in [-0.2, -0.15) is 11.8 Å². The number of hydrogen-bond donors (Lipinski definition) is 1. The van der Waals surface area contributed by atoms with Crippen LogP contribution in [0.15, 0.2) is 11.6 Å². The second-order valence-corrected chi connectivity index (χ2v) is 11.3. The number of carboxylic acids is 2. The predicted octanol–water partition coefficient (Wildman–Crippen LogP) is -2.89. The third kappa shape index (κ3) is 27.8. The summed E-state index contributed by atoms with van der Waals surface area (Å²) in [5, 5.41) is 23.8. The zero-order valence-corrected chi connectivity index (χ0v) is 29.3. The Morgan fingerprint density at radius 2 is 1.41 bits per heavy atom. The van der Waals surface area contributed by atoms with Crippen LogP contribution in [0.2, 0.25) is 0 Å². The van der Waals surface area contributed by atoms with Gasteiger partial charge in [0.05, 0.1) is 24.6 Å². The van der Waals surface area contributed by atoms with Crippen molar-refractivity contribution < 1.29 is 88.4 Å². The average molecular weight is 560 g/mol. The molecule has 0 rings (SSSR count). The zero-order valence-electron chi connectivity index (χ0n) is 24.4. The van der Waals surface area contributed by atoms with E-state index in [4.69, 9.17) is 0 Å². The molecule has 0 fully saturated rings. The molecule has 0 radical (unpaired) electrons. The van der Waals surface area contributed by atoms with Gasteiger partial charge < -0.3 is 29.9 Å². The van der Waals surface area contributed by atoms with E-state index in [2.05, 4.69) is 50.7 Å². The molecule has 204 valence electrons. The van der Waals surface area contributed by atoms with Crippen molar-refractivity contribution >= 4 is 29.6 Å². The monoisotopic (exact) mass is 559 g/mol. The first-order valence-electron chi connectivity index (χ1n) is 13.0. The minimum absolute atomic E-state index is 0. The molecule has 7 nitrogen and oxygen atoms in total. The van der Waals surface area contributed by atoms with Crippen molar-refractivity contribution in [2.24, 2.45) is 17.8 Å². The molecule has 0 aliphatic heterocycles. The van der Waals surface area contributed by atoms with Crippen LogP contribution >= 0.6 is 11.8 Å². The van der Waals surface area contributed by atoms with E-state index in [1.807, 2.05) is 0 Å². The van der Waals surface area contributed by atoms with Crippen molar-refractivity contribution in [2.45, 2.75) is 98.4 Å². The van der Waals surface area contributed by atoms with Gasteiger partial charge in [-0.25, -0.2) is 0 Å². The van der Waals surface area contributed by atoms with Crippen molar-refractivity contribution in [2.75, 3.05) is 24.7 Å². The van der Waals surface area contributed by atoms with Gasteiger partial charge in [0, 0.05) is 11.5 Å². The number of rotatable bonds is 22. The summed E-state index contributed by atoms with van der Waals surface area (Å²) >= 11 is 1.39. The molecule has 0 heterocycles. The summed E-state index contributed by atoms with van der Waals surface area (Å²) < 4.78 is 4.60. The molecule has 1 amide bonds. The van der Waals surface area contributed by atoms with E-state index in [1.54, 1.807) is 0 Å². The van der Waals surface area contributed by atoms with Crippen molar-refractivity contribution in [1.82, 2.24) is 5.32 Å². The van der Waals surface area contributed by atoms with Crippen molar-refractivity contribution in [1.29, 1.82) is 0 Å². The van der Waals surface area contributed by atoms with Gasteiger partial charge in [0.2, 0.25) is 5.91 Å². The topological polar surface area (TPSA) is 119 Å². The zero-order chi connectivity index (χ0) is 26.6. The Kier molecular flexibility index (Phi) is 30.2. The van der Waals surface area contributed by atoms with Gasteiger partial charge in [-0.15, -0.1) is 0 Å². The van der Waals surface area contributed by atoms with Gasteiger partial charge in [0.1, 0.15) is 6.61 Å². The predicted molar refractivity (Wildman–Crippen MR) is 139 cm³/mol. The Morgan fingerprint density at radius 1 is 0.865 bits per heavy atom. The average Bonchev–Trinajstić information content (AvgIpc) is 2.75. The van der Waals surface area contributed by atoms with Gasteiger partial charge in [-0.1, -0.05) is 84.3 Å². The van der Waals surface area contributed by atoms with E-state index in [1.165, 1.54) is 62.3 Å². The van der Waals surface area contributed by atoms with Crippen LogP contribution in [0.25, 0.3) is 0 Å². The number of hydrogen-bond acceptors (Lipinski definition) is 7. The van der Waals surface area contributed by atoms with Crippen LogP contribution in [0.3, 0.4) is 0 Å². The third-order valence-electron chi connectivity index (χ3n) is 6.05. The summed E-state index contributed by atoms with van der Waals surface area (Å²) in [5.74, 6) is -0.351. The fraction of sp³-hybridized carbons (Fsp3) is 0.815. The Morgan fingerprint density at radius 3 is 1.92 bits per heavy atom. The van der Waals surface area contributed by atoms with E-state index >= 15 is 0 Å². The van der Waals surface area contributed by atoms with E-state index in [0.29, 0.717) is 5.75 Å². The molecular weight excluding hydrogens is 512 g/mol. The number of thioether (sulfide) groups is 1. The largest absolute Gasteiger partial charge is 1.00 e. The van der Waals surface area contributed by atoms with Crippen LogP contribution in [-0.4, -0.2) is 48.6 Å². The smallest absolute Gasteiger partial charge is 0.548 e. The fourth-order valence-electron chi connectivity index (χ4n) is 3.83. The molecule has 0 saturated heterocycles. The maximum absolute atomic E-state index is 11.7. The van der Waals surface area contributed by atoms with Gasteiger partial charge in [0.15, 0.2) is 0 Å². The van der Waals surface area contributed by atoms with Crippen LogP contribution in [0, 0.1) is 17.8 Å². The number of allylic oxidation sites excluding steroid dienone is 1. The van der Waals surface area contributed by atoms with Crippen LogP contribution in [-0.2, 0) is 19.1 Å². The molecule has 0 aliphatic carbocycles. The molecule has 2 unspecified atom stereocenters. The normalized spacial score (nSPS) is 13.7. The Bertz CT molecular complexity index is 648. The van der Waals surface area contributed by atoms with E-state index in [0.717, 1.165) is 30.6 Å². The number of ether oxygens (including phenoxy) is 1. The first-order valence-corrected chi connectivity index (χ1v) is 14.2. The van der Waals surface area contributed by atoms with Crippen LogP contribution < -0.4 is 74.6 Å². The number of carboxylic acid groups (broad SMARTS) is 2. The summed E-state index contributed by atoms with van der Waals surface area (Å²) in [6.45, 7) is 10.1. The Hall–Kier alpha value is 0.460. The number of amides is 1. The quantitative estimate of drug-likeness (QED) is 0.0860. The van der Waals surface area contributed by atoms with Gasteiger partial charge in [-0.05, 0) is 37.5 Å². The molecule has 0 aromatic rings. The Balaban J connectivity index is -0.00000578. The second kappa shape index (κ2) is 26.7. The second-order valence-electron chi connectivity index (χ2n) is 10.3. The van der Waals surface area contributed by atoms with E-state index in [9.17, 15) is 24.6 Å². The van der Waals surface area contributed by atoms with Gasteiger partial charge >= 0.3 is 59.1 Å². The van der Waals surface area contributed by atoms with Gasteiger partial charge in [0.25, 0.3) is 0 Å². The third-order valence-corrected chi connectivity index (χ3v) is 7.02. The molecule has 3 atom stereocenters.